The zero-order valence-corrected chi connectivity index (χ0v) is 11.8. The average molecular weight is 281 g/mol. The van der Waals surface area contributed by atoms with E-state index in [4.69, 9.17) is 0 Å². The minimum Gasteiger partial charge on any atom is -0.381 e. The number of rotatable bonds is 4. The van der Waals surface area contributed by atoms with Gasteiger partial charge in [-0.2, -0.15) is 5.10 Å². The van der Waals surface area contributed by atoms with Crippen LogP contribution in [0.4, 0.5) is 10.1 Å². The standard InChI is InChI=1S/C17H16FN3/c1-13-6-7-14(10-17(13)18)12-19-15-4-2-5-16(11-15)21-9-3-8-20-21/h2-11,19H,12H2,1H3. The summed E-state index contributed by atoms with van der Waals surface area (Å²) in [5.41, 5.74) is 3.55. The Labute approximate surface area is 123 Å². The maximum atomic E-state index is 13.5. The summed E-state index contributed by atoms with van der Waals surface area (Å²) in [5.74, 6) is -0.167. The third kappa shape index (κ3) is 3.11. The zero-order chi connectivity index (χ0) is 14.7. The van der Waals surface area contributed by atoms with Gasteiger partial charge in [0.2, 0.25) is 0 Å². The molecule has 0 radical (unpaired) electrons. The van der Waals surface area contributed by atoms with Gasteiger partial charge in [0.1, 0.15) is 5.82 Å². The van der Waals surface area contributed by atoms with Crippen LogP contribution in [0.2, 0.25) is 0 Å². The summed E-state index contributed by atoms with van der Waals surface area (Å²) < 4.78 is 15.3. The van der Waals surface area contributed by atoms with Gasteiger partial charge in [-0.25, -0.2) is 9.07 Å². The summed E-state index contributed by atoms with van der Waals surface area (Å²) in [4.78, 5) is 0. The van der Waals surface area contributed by atoms with Crippen molar-refractivity contribution in [3.05, 3.63) is 77.9 Å². The molecule has 3 rings (SSSR count). The second kappa shape index (κ2) is 5.79. The molecule has 0 saturated carbocycles. The summed E-state index contributed by atoms with van der Waals surface area (Å²) in [5, 5.41) is 7.51. The van der Waals surface area contributed by atoms with Gasteiger partial charge in [-0.15, -0.1) is 0 Å². The highest BCUT2D eigenvalue weighted by Crippen LogP contribution is 2.16. The third-order valence-electron chi connectivity index (χ3n) is 3.35. The highest BCUT2D eigenvalue weighted by molar-refractivity contribution is 5.51. The van der Waals surface area contributed by atoms with Crippen LogP contribution in [0.1, 0.15) is 11.1 Å². The Hall–Kier alpha value is -2.62. The molecule has 1 N–H and O–H groups in total. The van der Waals surface area contributed by atoms with E-state index in [9.17, 15) is 4.39 Å². The van der Waals surface area contributed by atoms with E-state index in [2.05, 4.69) is 10.4 Å². The second-order valence-electron chi connectivity index (χ2n) is 4.94. The van der Waals surface area contributed by atoms with Crippen molar-refractivity contribution < 1.29 is 4.39 Å². The van der Waals surface area contributed by atoms with Gasteiger partial charge in [0.15, 0.2) is 0 Å². The molecule has 2 aromatic carbocycles. The topological polar surface area (TPSA) is 29.9 Å². The summed E-state index contributed by atoms with van der Waals surface area (Å²) >= 11 is 0. The molecule has 1 heterocycles. The number of nitrogens with zero attached hydrogens (tertiary/aromatic N) is 2. The van der Waals surface area contributed by atoms with Crippen LogP contribution in [-0.4, -0.2) is 9.78 Å². The number of aryl methyl sites for hydroxylation is 1. The monoisotopic (exact) mass is 281 g/mol. The molecule has 1 aromatic heterocycles. The Bertz CT molecular complexity index is 736. The molecule has 0 unspecified atom stereocenters. The molecule has 0 spiro atoms. The van der Waals surface area contributed by atoms with E-state index < -0.39 is 0 Å². The van der Waals surface area contributed by atoms with Crippen molar-refractivity contribution in [2.75, 3.05) is 5.32 Å². The van der Waals surface area contributed by atoms with E-state index in [0.29, 0.717) is 12.1 Å². The first-order valence-corrected chi connectivity index (χ1v) is 6.81. The largest absolute Gasteiger partial charge is 0.381 e. The number of halogens is 1. The maximum Gasteiger partial charge on any atom is 0.126 e. The van der Waals surface area contributed by atoms with Gasteiger partial charge in [0, 0.05) is 24.6 Å². The fourth-order valence-electron chi connectivity index (χ4n) is 2.13. The molecular formula is C17H16FN3. The molecular weight excluding hydrogens is 265 g/mol. The van der Waals surface area contributed by atoms with Crippen molar-refractivity contribution in [3.63, 3.8) is 0 Å². The fraction of sp³-hybridized carbons (Fsp3) is 0.118. The Morgan fingerprint density at radius 1 is 1.14 bits per heavy atom. The first kappa shape index (κ1) is 13.4. The Morgan fingerprint density at radius 2 is 2.05 bits per heavy atom. The van der Waals surface area contributed by atoms with Crippen molar-refractivity contribution in [2.45, 2.75) is 13.5 Å². The highest BCUT2D eigenvalue weighted by Gasteiger charge is 2.01. The lowest BCUT2D eigenvalue weighted by atomic mass is 10.1. The minimum absolute atomic E-state index is 0.167. The fourth-order valence-corrected chi connectivity index (χ4v) is 2.13. The first-order valence-electron chi connectivity index (χ1n) is 6.81. The molecule has 0 fully saturated rings. The van der Waals surface area contributed by atoms with Gasteiger partial charge < -0.3 is 5.32 Å². The summed E-state index contributed by atoms with van der Waals surface area (Å²) in [6, 6.07) is 15.1. The van der Waals surface area contributed by atoms with Crippen molar-refractivity contribution >= 4 is 5.69 Å². The number of hydrogen-bond donors (Lipinski definition) is 1. The smallest absolute Gasteiger partial charge is 0.126 e. The Kier molecular flexibility index (Phi) is 3.69. The van der Waals surface area contributed by atoms with E-state index in [-0.39, 0.29) is 5.82 Å². The Balaban J connectivity index is 1.73. The van der Waals surface area contributed by atoms with Crippen LogP contribution in [0.25, 0.3) is 5.69 Å². The van der Waals surface area contributed by atoms with E-state index in [1.165, 1.54) is 0 Å². The molecule has 0 aliphatic heterocycles. The molecule has 0 amide bonds. The first-order chi connectivity index (χ1) is 10.2. The predicted octanol–water partition coefficient (Wildman–Crippen LogP) is 3.93. The lowest BCUT2D eigenvalue weighted by molar-refractivity contribution is 0.616. The van der Waals surface area contributed by atoms with Crippen LogP contribution in [0, 0.1) is 12.7 Å². The van der Waals surface area contributed by atoms with E-state index in [0.717, 1.165) is 16.9 Å². The zero-order valence-electron chi connectivity index (χ0n) is 11.8. The maximum absolute atomic E-state index is 13.5. The molecule has 0 bridgehead atoms. The van der Waals surface area contributed by atoms with Crippen LogP contribution in [0.15, 0.2) is 60.9 Å². The lowest BCUT2D eigenvalue weighted by Crippen LogP contribution is -2.01. The third-order valence-corrected chi connectivity index (χ3v) is 3.35. The van der Waals surface area contributed by atoms with E-state index in [1.807, 2.05) is 42.6 Å². The molecule has 0 atom stereocenters. The van der Waals surface area contributed by atoms with Gasteiger partial charge in [-0.1, -0.05) is 18.2 Å². The highest BCUT2D eigenvalue weighted by atomic mass is 19.1. The van der Waals surface area contributed by atoms with Gasteiger partial charge >= 0.3 is 0 Å². The normalized spacial score (nSPS) is 10.6. The second-order valence-corrected chi connectivity index (χ2v) is 4.94. The number of anilines is 1. The SMILES string of the molecule is Cc1ccc(CNc2cccc(-n3cccn3)c2)cc1F. The molecule has 21 heavy (non-hydrogen) atoms. The molecule has 3 nitrogen and oxygen atoms in total. The molecule has 0 saturated heterocycles. The summed E-state index contributed by atoms with van der Waals surface area (Å²) in [6.45, 7) is 2.35. The lowest BCUT2D eigenvalue weighted by Gasteiger charge is -2.09. The molecule has 0 aliphatic carbocycles. The quantitative estimate of drug-likeness (QED) is 0.785. The summed E-state index contributed by atoms with van der Waals surface area (Å²) in [6.07, 6.45) is 3.64. The van der Waals surface area contributed by atoms with E-state index >= 15 is 0 Å². The van der Waals surface area contributed by atoms with Crippen LogP contribution >= 0.6 is 0 Å². The molecule has 106 valence electrons. The number of aromatic nitrogens is 2. The molecule has 4 heteroatoms. The van der Waals surface area contributed by atoms with Gasteiger partial charge in [0.25, 0.3) is 0 Å². The Morgan fingerprint density at radius 3 is 2.81 bits per heavy atom. The minimum atomic E-state index is -0.167. The average Bonchev–Trinajstić information content (AvgIpc) is 3.03. The van der Waals surface area contributed by atoms with Crippen molar-refractivity contribution in [2.24, 2.45) is 0 Å². The number of benzene rings is 2. The van der Waals surface area contributed by atoms with Gasteiger partial charge in [-0.05, 0) is 48.4 Å². The van der Waals surface area contributed by atoms with Gasteiger partial charge in [0.05, 0.1) is 5.69 Å². The summed E-state index contributed by atoms with van der Waals surface area (Å²) in [7, 11) is 0. The molecule has 3 aromatic rings. The van der Waals surface area contributed by atoms with Crippen LogP contribution in [0.5, 0.6) is 0 Å². The van der Waals surface area contributed by atoms with Gasteiger partial charge in [-0.3, -0.25) is 0 Å². The number of hydrogen-bond acceptors (Lipinski definition) is 2. The van der Waals surface area contributed by atoms with Crippen molar-refractivity contribution in [3.8, 4) is 5.69 Å². The predicted molar refractivity (Wildman–Crippen MR) is 82.0 cm³/mol. The van der Waals surface area contributed by atoms with Crippen LogP contribution < -0.4 is 5.32 Å². The molecule has 0 aliphatic rings. The van der Waals surface area contributed by atoms with Crippen molar-refractivity contribution in [1.29, 1.82) is 0 Å². The van der Waals surface area contributed by atoms with Crippen LogP contribution in [0.3, 0.4) is 0 Å². The van der Waals surface area contributed by atoms with Crippen molar-refractivity contribution in [1.82, 2.24) is 9.78 Å². The number of nitrogens with one attached hydrogen (secondary N) is 1. The van der Waals surface area contributed by atoms with Crippen LogP contribution in [-0.2, 0) is 6.54 Å². The van der Waals surface area contributed by atoms with E-state index in [1.54, 1.807) is 29.9 Å².